The fourth-order valence-corrected chi connectivity index (χ4v) is 5.09. The number of hydrogen-bond acceptors (Lipinski definition) is 6. The number of aliphatic hydroxyl groups is 1. The van der Waals surface area contributed by atoms with E-state index in [0.717, 1.165) is 24.4 Å². The van der Waals surface area contributed by atoms with Gasteiger partial charge in [0.15, 0.2) is 0 Å². The Kier molecular flexibility index (Phi) is 7.54. The number of rotatable bonds is 9. The highest BCUT2D eigenvalue weighted by atomic mass is 16.5. The minimum Gasteiger partial charge on any atom is -0.507 e. The molecule has 8 nitrogen and oxygen atoms in total. The van der Waals surface area contributed by atoms with E-state index in [1.165, 1.54) is 12.0 Å². The van der Waals surface area contributed by atoms with Crippen molar-refractivity contribution in [2.45, 2.75) is 39.3 Å². The summed E-state index contributed by atoms with van der Waals surface area (Å²) in [6.45, 7) is 9.04. The zero-order valence-electron chi connectivity index (χ0n) is 21.6. The highest BCUT2D eigenvalue weighted by Gasteiger charge is 2.47. The largest absolute Gasteiger partial charge is 0.507 e. The quantitative estimate of drug-likeness (QED) is 0.316. The van der Waals surface area contributed by atoms with Crippen molar-refractivity contribution >= 4 is 17.4 Å². The zero-order valence-corrected chi connectivity index (χ0v) is 21.6. The molecule has 1 saturated heterocycles. The van der Waals surface area contributed by atoms with Gasteiger partial charge >= 0.3 is 0 Å². The van der Waals surface area contributed by atoms with E-state index in [1.54, 1.807) is 42.3 Å². The summed E-state index contributed by atoms with van der Waals surface area (Å²) in [5.74, 6) is 0.321. The van der Waals surface area contributed by atoms with Gasteiger partial charge in [-0.05, 0) is 56.7 Å². The van der Waals surface area contributed by atoms with Gasteiger partial charge in [-0.1, -0.05) is 0 Å². The third-order valence-electron chi connectivity index (χ3n) is 7.15. The molecule has 2 aromatic rings. The van der Waals surface area contributed by atoms with Gasteiger partial charge in [0.1, 0.15) is 29.1 Å². The average Bonchev–Trinajstić information content (AvgIpc) is 3.39. The van der Waals surface area contributed by atoms with Crippen LogP contribution in [0.25, 0.3) is 5.76 Å². The second-order valence-electron chi connectivity index (χ2n) is 9.26. The van der Waals surface area contributed by atoms with Gasteiger partial charge in [-0.15, -0.1) is 0 Å². The molecule has 0 radical (unpaired) electrons. The van der Waals surface area contributed by atoms with Crippen molar-refractivity contribution < 1.29 is 33.8 Å². The maximum atomic E-state index is 13.4. The van der Waals surface area contributed by atoms with Gasteiger partial charge in [0.2, 0.25) is 0 Å². The van der Waals surface area contributed by atoms with Gasteiger partial charge < -0.3 is 29.1 Å². The standard InChI is InChI=1S/C28H34N2O6/c1-6-29(7-2)12-13-30-25(21-10-9-20(34-4)16-23(21)35-5)24(27(32)28(30)33)26(31)18-8-11-22-19(15-18)14-17(3)36-22/h8-11,15-17,25,31H,6-7,12-14H2,1-5H3/p+1/t17-,25-/m1/s1. The number of methoxy groups -OCH3 is 2. The summed E-state index contributed by atoms with van der Waals surface area (Å²) in [7, 11) is 3.10. The normalized spacial score (nSPS) is 20.6. The molecule has 2 atom stereocenters. The summed E-state index contributed by atoms with van der Waals surface area (Å²) in [6, 6.07) is 9.85. The molecule has 8 heteroatoms. The fourth-order valence-electron chi connectivity index (χ4n) is 5.09. The molecular weight excluding hydrogens is 460 g/mol. The van der Waals surface area contributed by atoms with Crippen molar-refractivity contribution in [1.29, 1.82) is 0 Å². The Morgan fingerprint density at radius 2 is 1.86 bits per heavy atom. The molecule has 2 N–H and O–H groups in total. The third kappa shape index (κ3) is 4.65. The first-order valence-corrected chi connectivity index (χ1v) is 12.5. The average molecular weight is 496 g/mol. The van der Waals surface area contributed by atoms with Crippen LogP contribution >= 0.6 is 0 Å². The van der Waals surface area contributed by atoms with E-state index in [4.69, 9.17) is 14.2 Å². The van der Waals surface area contributed by atoms with Gasteiger partial charge in [-0.25, -0.2) is 0 Å². The molecule has 2 heterocycles. The van der Waals surface area contributed by atoms with Crippen LogP contribution in [-0.4, -0.2) is 68.2 Å². The summed E-state index contributed by atoms with van der Waals surface area (Å²) < 4.78 is 16.8. The number of likely N-dealkylation sites (N-methyl/N-ethyl adjacent to an activating group) is 1. The lowest BCUT2D eigenvalue weighted by Crippen LogP contribution is -3.12. The molecule has 36 heavy (non-hydrogen) atoms. The van der Waals surface area contributed by atoms with Gasteiger partial charge in [0, 0.05) is 23.6 Å². The maximum Gasteiger partial charge on any atom is 0.295 e. The summed E-state index contributed by atoms with van der Waals surface area (Å²) >= 11 is 0. The molecule has 2 aromatic carbocycles. The number of quaternary nitrogens is 1. The monoisotopic (exact) mass is 495 g/mol. The molecule has 2 aliphatic heterocycles. The van der Waals surface area contributed by atoms with Crippen molar-refractivity contribution in [1.82, 2.24) is 4.90 Å². The summed E-state index contributed by atoms with van der Waals surface area (Å²) in [6.07, 6.45) is 0.766. The lowest BCUT2D eigenvalue weighted by molar-refractivity contribution is -0.895. The molecule has 1 amide bonds. The first kappa shape index (κ1) is 25.6. The van der Waals surface area contributed by atoms with Crippen LogP contribution in [0.5, 0.6) is 17.2 Å². The van der Waals surface area contributed by atoms with Crippen LogP contribution in [0.15, 0.2) is 42.0 Å². The van der Waals surface area contributed by atoms with Crippen molar-refractivity contribution in [3.05, 3.63) is 58.7 Å². The smallest absolute Gasteiger partial charge is 0.295 e. The number of amides is 1. The number of nitrogens with one attached hydrogen (secondary N) is 1. The van der Waals surface area contributed by atoms with E-state index in [2.05, 4.69) is 13.8 Å². The molecular formula is C28H35N2O6+. The number of benzene rings is 2. The molecule has 0 saturated carbocycles. The number of ether oxygens (including phenoxy) is 3. The number of ketones is 1. The second kappa shape index (κ2) is 10.6. The first-order chi connectivity index (χ1) is 17.3. The van der Waals surface area contributed by atoms with E-state index in [-0.39, 0.29) is 17.4 Å². The van der Waals surface area contributed by atoms with Gasteiger partial charge in [0.05, 0.1) is 52.0 Å². The summed E-state index contributed by atoms with van der Waals surface area (Å²) in [5, 5.41) is 11.5. The van der Waals surface area contributed by atoms with Crippen LogP contribution in [0.3, 0.4) is 0 Å². The van der Waals surface area contributed by atoms with Crippen molar-refractivity contribution in [3.8, 4) is 17.2 Å². The third-order valence-corrected chi connectivity index (χ3v) is 7.15. The van der Waals surface area contributed by atoms with Crippen LogP contribution < -0.4 is 19.1 Å². The predicted molar refractivity (Wildman–Crippen MR) is 136 cm³/mol. The highest BCUT2D eigenvalue weighted by Crippen LogP contribution is 2.44. The number of fused-ring (bicyclic) bond motifs is 1. The number of aliphatic hydroxyl groups excluding tert-OH is 1. The first-order valence-electron chi connectivity index (χ1n) is 12.5. The van der Waals surface area contributed by atoms with Gasteiger partial charge in [-0.3, -0.25) is 9.59 Å². The molecule has 0 aliphatic carbocycles. The number of hydrogen-bond donors (Lipinski definition) is 2. The fraction of sp³-hybridized carbons (Fsp3) is 0.429. The van der Waals surface area contributed by atoms with Crippen LogP contribution in [0.2, 0.25) is 0 Å². The topological polar surface area (TPSA) is 89.7 Å². The maximum absolute atomic E-state index is 13.4. The Morgan fingerprint density at radius 1 is 1.11 bits per heavy atom. The van der Waals surface area contributed by atoms with Crippen molar-refractivity contribution in [2.24, 2.45) is 0 Å². The van der Waals surface area contributed by atoms with E-state index in [9.17, 15) is 14.7 Å². The predicted octanol–water partition coefficient (Wildman–Crippen LogP) is 2.37. The Hall–Kier alpha value is -3.52. The molecule has 2 aliphatic rings. The Bertz CT molecular complexity index is 1190. The van der Waals surface area contributed by atoms with Crippen molar-refractivity contribution in [3.63, 3.8) is 0 Å². The van der Waals surface area contributed by atoms with Crippen LogP contribution in [0.1, 0.15) is 43.5 Å². The Balaban J connectivity index is 1.84. The lowest BCUT2D eigenvalue weighted by atomic mass is 9.93. The van der Waals surface area contributed by atoms with Crippen LogP contribution in [0.4, 0.5) is 0 Å². The SMILES string of the molecule is CC[NH+](CC)CCN1C(=O)C(=O)C(=C(O)c2ccc3c(c2)C[C@@H](C)O3)[C@H]1c1ccc(OC)cc1OC. The Labute approximate surface area is 212 Å². The molecule has 192 valence electrons. The zero-order chi connectivity index (χ0) is 26.0. The minimum absolute atomic E-state index is 0.0501. The molecule has 1 fully saturated rings. The lowest BCUT2D eigenvalue weighted by Gasteiger charge is -2.28. The van der Waals surface area contributed by atoms with Crippen LogP contribution in [-0.2, 0) is 16.0 Å². The molecule has 0 bridgehead atoms. The van der Waals surface area contributed by atoms with E-state index in [0.29, 0.717) is 42.1 Å². The molecule has 0 unspecified atom stereocenters. The number of likely N-dealkylation sites (tertiary alicyclic amines) is 1. The summed E-state index contributed by atoms with van der Waals surface area (Å²) in [4.78, 5) is 29.6. The van der Waals surface area contributed by atoms with Crippen LogP contribution in [0, 0.1) is 0 Å². The van der Waals surface area contributed by atoms with E-state index in [1.807, 2.05) is 13.0 Å². The minimum atomic E-state index is -0.788. The highest BCUT2D eigenvalue weighted by molar-refractivity contribution is 6.46. The summed E-state index contributed by atoms with van der Waals surface area (Å²) in [5.41, 5.74) is 2.12. The second-order valence-corrected chi connectivity index (χ2v) is 9.26. The van der Waals surface area contributed by atoms with Gasteiger partial charge in [-0.2, -0.15) is 0 Å². The molecule has 0 aromatic heterocycles. The number of carbonyl (C=O) groups is 2. The van der Waals surface area contributed by atoms with E-state index < -0.39 is 17.7 Å². The number of carbonyl (C=O) groups excluding carboxylic acids is 2. The number of Topliss-reactive ketones (excluding diaryl/α,β-unsaturated/α-hetero) is 1. The molecule has 4 rings (SSSR count). The number of nitrogens with zero attached hydrogens (tertiary/aromatic N) is 1. The van der Waals surface area contributed by atoms with E-state index >= 15 is 0 Å². The Morgan fingerprint density at radius 3 is 2.53 bits per heavy atom. The van der Waals surface area contributed by atoms with Crippen molar-refractivity contribution in [2.75, 3.05) is 40.4 Å². The van der Waals surface area contributed by atoms with Gasteiger partial charge in [0.25, 0.3) is 11.7 Å². The molecule has 0 spiro atoms.